The van der Waals surface area contributed by atoms with Crippen LogP contribution in [-0.2, 0) is 6.18 Å². The van der Waals surface area contributed by atoms with Crippen LogP contribution < -0.4 is 0 Å². The topological polar surface area (TPSA) is 66.0 Å². The Labute approximate surface area is 97.0 Å². The van der Waals surface area contributed by atoms with Gasteiger partial charge in [0.25, 0.3) is 0 Å². The lowest BCUT2D eigenvalue weighted by molar-refractivity contribution is -0.140. The van der Waals surface area contributed by atoms with E-state index >= 15 is 0 Å². The van der Waals surface area contributed by atoms with Crippen molar-refractivity contribution in [3.05, 3.63) is 28.7 Å². The highest BCUT2D eigenvalue weighted by Crippen LogP contribution is 2.36. The Morgan fingerprint density at radius 1 is 1.47 bits per heavy atom. The van der Waals surface area contributed by atoms with Crippen molar-refractivity contribution in [1.29, 1.82) is 0 Å². The van der Waals surface area contributed by atoms with Crippen molar-refractivity contribution in [2.75, 3.05) is 0 Å². The molecule has 0 saturated heterocycles. The third-order valence-corrected chi connectivity index (χ3v) is 2.50. The summed E-state index contributed by atoms with van der Waals surface area (Å²) in [4.78, 5) is 16.2. The van der Waals surface area contributed by atoms with Gasteiger partial charge in [-0.25, -0.2) is 9.78 Å². The summed E-state index contributed by atoms with van der Waals surface area (Å²) in [5, 5.41) is 8.05. The van der Waals surface area contributed by atoms with Crippen LogP contribution in [0.3, 0.4) is 0 Å². The molecule has 0 aliphatic heterocycles. The predicted molar refractivity (Wildman–Crippen MR) is 53.1 cm³/mol. The first kappa shape index (κ1) is 11.7. The number of hydrogen-bond donors (Lipinski definition) is 2. The number of rotatable bonds is 1. The van der Waals surface area contributed by atoms with E-state index in [1.807, 2.05) is 0 Å². The first-order chi connectivity index (χ1) is 7.80. The van der Waals surface area contributed by atoms with Gasteiger partial charge in [-0.2, -0.15) is 13.2 Å². The van der Waals surface area contributed by atoms with Crippen LogP contribution in [0.25, 0.3) is 10.9 Å². The van der Waals surface area contributed by atoms with Gasteiger partial charge in [0.15, 0.2) is 5.69 Å². The van der Waals surface area contributed by atoms with Gasteiger partial charge in [0, 0.05) is 5.39 Å². The van der Waals surface area contributed by atoms with Crippen molar-refractivity contribution in [2.24, 2.45) is 0 Å². The minimum absolute atomic E-state index is 0.0219. The fourth-order valence-electron chi connectivity index (χ4n) is 1.38. The zero-order chi connectivity index (χ0) is 12.8. The molecule has 90 valence electrons. The van der Waals surface area contributed by atoms with Gasteiger partial charge in [-0.15, -0.1) is 0 Å². The van der Waals surface area contributed by atoms with Crippen molar-refractivity contribution in [1.82, 2.24) is 9.97 Å². The first-order valence-corrected chi connectivity index (χ1v) is 4.66. The summed E-state index contributed by atoms with van der Waals surface area (Å²) >= 11 is 5.55. The molecule has 17 heavy (non-hydrogen) atoms. The quantitative estimate of drug-likeness (QED) is 0.832. The van der Waals surface area contributed by atoms with E-state index in [1.54, 1.807) is 0 Å². The van der Waals surface area contributed by atoms with Gasteiger partial charge in [-0.3, -0.25) is 0 Å². The van der Waals surface area contributed by atoms with E-state index in [4.69, 9.17) is 16.7 Å². The van der Waals surface area contributed by atoms with Crippen molar-refractivity contribution in [3.63, 3.8) is 0 Å². The number of alkyl halides is 3. The molecule has 0 amide bonds. The molecular weight excluding hydrogens is 261 g/mol. The Bertz CT molecular complexity index is 606. The second-order valence-electron chi connectivity index (χ2n) is 3.23. The minimum Gasteiger partial charge on any atom is -0.477 e. The van der Waals surface area contributed by atoms with E-state index < -0.39 is 22.9 Å². The second kappa shape index (κ2) is 3.63. The van der Waals surface area contributed by atoms with Gasteiger partial charge in [-0.1, -0.05) is 11.6 Å². The number of carboxylic acid groups (broad SMARTS) is 1. The Morgan fingerprint density at radius 3 is 2.65 bits per heavy atom. The smallest absolute Gasteiger partial charge is 0.434 e. The number of nitrogens with one attached hydrogen (secondary N) is 1. The maximum atomic E-state index is 12.5. The minimum atomic E-state index is -4.67. The highest BCUT2D eigenvalue weighted by Gasteiger charge is 2.36. The summed E-state index contributed by atoms with van der Waals surface area (Å²) in [6.07, 6.45) is -3.78. The molecule has 0 saturated carbocycles. The number of pyridine rings is 1. The number of aromatic nitrogens is 2. The molecule has 0 fully saturated rings. The van der Waals surface area contributed by atoms with E-state index in [1.165, 1.54) is 0 Å². The van der Waals surface area contributed by atoms with E-state index in [9.17, 15) is 18.0 Å². The Balaban J connectivity index is 2.71. The molecule has 2 rings (SSSR count). The van der Waals surface area contributed by atoms with Crippen LogP contribution in [-0.4, -0.2) is 21.0 Å². The molecule has 0 aromatic carbocycles. The SMILES string of the molecule is O=C(O)c1cc2c(Cl)c(C(F)(F)F)ncc2[nH]1. The van der Waals surface area contributed by atoms with Gasteiger partial charge < -0.3 is 10.1 Å². The highest BCUT2D eigenvalue weighted by molar-refractivity contribution is 6.36. The van der Waals surface area contributed by atoms with Gasteiger partial charge in [0.2, 0.25) is 0 Å². The highest BCUT2D eigenvalue weighted by atomic mass is 35.5. The zero-order valence-corrected chi connectivity index (χ0v) is 8.73. The number of nitrogens with zero attached hydrogens (tertiary/aromatic N) is 1. The van der Waals surface area contributed by atoms with Crippen LogP contribution in [0.2, 0.25) is 5.02 Å². The molecule has 0 atom stereocenters. The van der Waals surface area contributed by atoms with Crippen LogP contribution >= 0.6 is 11.6 Å². The summed E-state index contributed by atoms with van der Waals surface area (Å²) in [6, 6.07) is 1.04. The summed E-state index contributed by atoms with van der Waals surface area (Å²) in [5.74, 6) is -1.29. The molecular formula is C9H4ClF3N2O2. The van der Waals surface area contributed by atoms with Gasteiger partial charge >= 0.3 is 12.1 Å². The van der Waals surface area contributed by atoms with Gasteiger partial charge in [-0.05, 0) is 6.07 Å². The zero-order valence-electron chi connectivity index (χ0n) is 7.97. The van der Waals surface area contributed by atoms with Crippen molar-refractivity contribution in [3.8, 4) is 0 Å². The second-order valence-corrected chi connectivity index (χ2v) is 3.61. The third-order valence-electron chi connectivity index (χ3n) is 2.11. The number of carbonyl (C=O) groups is 1. The monoisotopic (exact) mass is 264 g/mol. The van der Waals surface area contributed by atoms with Crippen LogP contribution in [0.5, 0.6) is 0 Å². The molecule has 2 aromatic heterocycles. The first-order valence-electron chi connectivity index (χ1n) is 4.28. The van der Waals surface area contributed by atoms with E-state index in [2.05, 4.69) is 9.97 Å². The molecule has 8 heteroatoms. The van der Waals surface area contributed by atoms with Crippen LogP contribution in [0.15, 0.2) is 12.3 Å². The average molecular weight is 265 g/mol. The van der Waals surface area contributed by atoms with E-state index in [0.717, 1.165) is 12.3 Å². The largest absolute Gasteiger partial charge is 0.477 e. The van der Waals surface area contributed by atoms with Crippen molar-refractivity contribution < 1.29 is 23.1 Å². The predicted octanol–water partition coefficient (Wildman–Crippen LogP) is 2.93. The van der Waals surface area contributed by atoms with Gasteiger partial charge in [0.1, 0.15) is 5.69 Å². The summed E-state index contributed by atoms with van der Waals surface area (Å²) in [6.45, 7) is 0. The molecule has 4 nitrogen and oxygen atoms in total. The number of aromatic carboxylic acids is 1. The van der Waals surface area contributed by atoms with E-state index in [0.29, 0.717) is 0 Å². The molecule has 2 aromatic rings. The molecule has 0 bridgehead atoms. The lowest BCUT2D eigenvalue weighted by atomic mass is 10.2. The number of aromatic amines is 1. The lowest BCUT2D eigenvalue weighted by Gasteiger charge is -2.07. The summed E-state index contributed by atoms with van der Waals surface area (Å²) < 4.78 is 37.4. The number of halogens is 4. The molecule has 0 aliphatic carbocycles. The van der Waals surface area contributed by atoms with Crippen LogP contribution in [0.1, 0.15) is 16.2 Å². The van der Waals surface area contributed by atoms with Crippen LogP contribution in [0.4, 0.5) is 13.2 Å². The molecule has 0 aliphatic rings. The maximum absolute atomic E-state index is 12.5. The molecule has 0 spiro atoms. The molecule has 0 unspecified atom stereocenters. The average Bonchev–Trinajstić information content (AvgIpc) is 2.60. The third kappa shape index (κ3) is 1.93. The number of carboxylic acids is 1. The Kier molecular flexibility index (Phi) is 2.50. The fourth-order valence-corrected chi connectivity index (χ4v) is 1.69. The number of H-pyrrole nitrogens is 1. The van der Waals surface area contributed by atoms with Crippen molar-refractivity contribution >= 4 is 28.5 Å². The van der Waals surface area contributed by atoms with Gasteiger partial charge in [0.05, 0.1) is 16.7 Å². The fraction of sp³-hybridized carbons (Fsp3) is 0.111. The van der Waals surface area contributed by atoms with E-state index in [-0.39, 0.29) is 16.6 Å². The molecule has 0 radical (unpaired) electrons. The Hall–Kier alpha value is -1.76. The molecule has 2 heterocycles. The summed E-state index contributed by atoms with van der Waals surface area (Å²) in [7, 11) is 0. The van der Waals surface area contributed by atoms with Crippen molar-refractivity contribution in [2.45, 2.75) is 6.18 Å². The number of fused-ring (bicyclic) bond motifs is 1. The lowest BCUT2D eigenvalue weighted by Crippen LogP contribution is -2.08. The summed E-state index contributed by atoms with van der Waals surface area (Å²) in [5.41, 5.74) is -1.34. The normalized spacial score (nSPS) is 12.0. The Morgan fingerprint density at radius 2 is 2.12 bits per heavy atom. The van der Waals surface area contributed by atoms with Crippen LogP contribution in [0, 0.1) is 0 Å². The maximum Gasteiger partial charge on any atom is 0.434 e. The standard InChI is InChI=1S/C9H4ClF3N2O2/c10-6-3-1-4(8(16)17)15-5(3)2-14-7(6)9(11,12)13/h1-2,15H,(H,16,17). The number of hydrogen-bond acceptors (Lipinski definition) is 2. The molecule has 2 N–H and O–H groups in total.